The highest BCUT2D eigenvalue weighted by Gasteiger charge is 2.18. The van der Waals surface area contributed by atoms with E-state index in [0.29, 0.717) is 22.4 Å². The average molecular weight is 399 g/mol. The predicted octanol–water partition coefficient (Wildman–Crippen LogP) is 3.13. The van der Waals surface area contributed by atoms with Crippen LogP contribution in [0.5, 0.6) is 0 Å². The van der Waals surface area contributed by atoms with Gasteiger partial charge in [0.15, 0.2) is 4.96 Å². The number of nitrogens with zero attached hydrogens (tertiary/aromatic N) is 3. The van der Waals surface area contributed by atoms with Gasteiger partial charge in [0.05, 0.1) is 11.0 Å². The standard InChI is InChI=1S/C21H26N4O2S/c1-13-10-16-17(11-14(13)2)25-19(26)12-18(28-21(25)23-16)20(27)22-7-9-24-8-5-4-6-15(24)3/h10-12,15H,4-9H2,1-3H3,(H,22,27)/t15-/m1/s1. The number of carbonyl (C=O) groups excluding carboxylic acids is 1. The number of imidazole rings is 1. The van der Waals surface area contributed by atoms with Crippen molar-refractivity contribution in [3.63, 3.8) is 0 Å². The summed E-state index contributed by atoms with van der Waals surface area (Å²) in [6.45, 7) is 8.82. The summed E-state index contributed by atoms with van der Waals surface area (Å²) in [4.78, 5) is 33.2. The lowest BCUT2D eigenvalue weighted by Crippen LogP contribution is -2.42. The second-order valence-electron chi connectivity index (χ2n) is 7.74. The Hall–Kier alpha value is -2.25. The van der Waals surface area contributed by atoms with Crippen LogP contribution in [0.25, 0.3) is 16.0 Å². The molecular weight excluding hydrogens is 372 g/mol. The molecule has 1 amide bonds. The van der Waals surface area contributed by atoms with E-state index in [1.54, 1.807) is 4.40 Å². The van der Waals surface area contributed by atoms with Gasteiger partial charge in [0.25, 0.3) is 11.5 Å². The maximum Gasteiger partial charge on any atom is 0.261 e. The van der Waals surface area contributed by atoms with Gasteiger partial charge in [-0.1, -0.05) is 17.8 Å². The molecule has 0 unspecified atom stereocenters. The van der Waals surface area contributed by atoms with Crippen LogP contribution < -0.4 is 10.9 Å². The lowest BCUT2D eigenvalue weighted by Gasteiger charge is -2.33. The lowest BCUT2D eigenvalue weighted by molar-refractivity contribution is 0.0942. The number of rotatable bonds is 4. The molecule has 148 valence electrons. The number of fused-ring (bicyclic) bond motifs is 3. The van der Waals surface area contributed by atoms with E-state index in [-0.39, 0.29) is 11.5 Å². The molecule has 0 spiro atoms. The summed E-state index contributed by atoms with van der Waals surface area (Å²) >= 11 is 1.26. The summed E-state index contributed by atoms with van der Waals surface area (Å²) in [5.41, 5.74) is 3.62. The second-order valence-corrected chi connectivity index (χ2v) is 8.75. The smallest absolute Gasteiger partial charge is 0.261 e. The van der Waals surface area contributed by atoms with Crippen LogP contribution in [0.2, 0.25) is 0 Å². The van der Waals surface area contributed by atoms with Crippen LogP contribution in [-0.4, -0.2) is 45.9 Å². The van der Waals surface area contributed by atoms with Gasteiger partial charge >= 0.3 is 0 Å². The van der Waals surface area contributed by atoms with Crippen LogP contribution in [0.4, 0.5) is 0 Å². The molecule has 1 aromatic carbocycles. The van der Waals surface area contributed by atoms with E-state index >= 15 is 0 Å². The first-order valence-corrected chi connectivity index (χ1v) is 10.7. The minimum absolute atomic E-state index is 0.200. The van der Waals surface area contributed by atoms with Crippen molar-refractivity contribution in [1.82, 2.24) is 19.6 Å². The fourth-order valence-corrected chi connectivity index (χ4v) is 4.84. The molecule has 1 aliphatic rings. The Morgan fingerprint density at radius 1 is 1.25 bits per heavy atom. The van der Waals surface area contributed by atoms with Crippen molar-refractivity contribution in [1.29, 1.82) is 0 Å². The SMILES string of the molecule is Cc1cc2nc3sc(C(=O)NCCN4CCCC[C@H]4C)cc(=O)n3c2cc1C. The number of amides is 1. The first kappa shape index (κ1) is 19.1. The Kier molecular flexibility index (Phi) is 5.21. The molecule has 0 aliphatic carbocycles. The molecule has 4 rings (SSSR count). The fraction of sp³-hybridized carbons (Fsp3) is 0.476. The largest absolute Gasteiger partial charge is 0.350 e. The van der Waals surface area contributed by atoms with Gasteiger partial charge < -0.3 is 5.32 Å². The minimum Gasteiger partial charge on any atom is -0.350 e. The molecule has 0 saturated carbocycles. The quantitative estimate of drug-likeness (QED) is 0.733. The zero-order valence-corrected chi connectivity index (χ0v) is 17.4. The van der Waals surface area contributed by atoms with Crippen molar-refractivity contribution in [3.8, 4) is 0 Å². The van der Waals surface area contributed by atoms with Crippen molar-refractivity contribution < 1.29 is 4.79 Å². The summed E-state index contributed by atoms with van der Waals surface area (Å²) < 4.78 is 1.60. The Labute approximate surface area is 168 Å². The van der Waals surface area contributed by atoms with Gasteiger partial charge in [0.2, 0.25) is 0 Å². The highest BCUT2D eigenvalue weighted by atomic mass is 32.1. The number of nitrogens with one attached hydrogen (secondary N) is 1. The molecule has 1 fully saturated rings. The zero-order chi connectivity index (χ0) is 19.8. The Balaban J connectivity index is 1.54. The highest BCUT2D eigenvalue weighted by Crippen LogP contribution is 2.22. The van der Waals surface area contributed by atoms with E-state index in [2.05, 4.69) is 22.1 Å². The molecule has 1 N–H and O–H groups in total. The van der Waals surface area contributed by atoms with Crippen LogP contribution in [-0.2, 0) is 0 Å². The monoisotopic (exact) mass is 398 g/mol. The molecule has 6 nitrogen and oxygen atoms in total. The van der Waals surface area contributed by atoms with E-state index in [1.807, 2.05) is 26.0 Å². The van der Waals surface area contributed by atoms with Crippen molar-refractivity contribution in [2.24, 2.45) is 0 Å². The maximum absolute atomic E-state index is 12.7. The van der Waals surface area contributed by atoms with E-state index in [1.165, 1.54) is 36.7 Å². The summed E-state index contributed by atoms with van der Waals surface area (Å²) in [6.07, 6.45) is 3.73. The van der Waals surface area contributed by atoms with Gasteiger partial charge in [0, 0.05) is 25.2 Å². The number of likely N-dealkylation sites (tertiary alicyclic amines) is 1. The molecule has 3 aromatic rings. The minimum atomic E-state index is -0.214. The molecule has 0 radical (unpaired) electrons. The van der Waals surface area contributed by atoms with Crippen molar-refractivity contribution in [2.45, 2.75) is 46.1 Å². The third-order valence-electron chi connectivity index (χ3n) is 5.76. The van der Waals surface area contributed by atoms with Crippen molar-refractivity contribution >= 4 is 33.2 Å². The second kappa shape index (κ2) is 7.64. The third kappa shape index (κ3) is 3.56. The van der Waals surface area contributed by atoms with E-state index < -0.39 is 0 Å². The summed E-state index contributed by atoms with van der Waals surface area (Å²) in [5.74, 6) is -0.200. The first-order chi connectivity index (χ1) is 13.4. The highest BCUT2D eigenvalue weighted by molar-refractivity contribution is 7.18. The van der Waals surface area contributed by atoms with Gasteiger partial charge in [-0.2, -0.15) is 0 Å². The normalized spacial score (nSPS) is 18.0. The van der Waals surface area contributed by atoms with Crippen LogP contribution in [0, 0.1) is 13.8 Å². The predicted molar refractivity (Wildman–Crippen MR) is 114 cm³/mol. The molecule has 1 aliphatic heterocycles. The van der Waals surface area contributed by atoms with Crippen molar-refractivity contribution in [3.05, 3.63) is 44.6 Å². The van der Waals surface area contributed by atoms with Crippen LogP contribution in [0.15, 0.2) is 23.0 Å². The molecular formula is C21H26N4O2S. The van der Waals surface area contributed by atoms with Crippen LogP contribution in [0.1, 0.15) is 47.0 Å². The summed E-state index contributed by atoms with van der Waals surface area (Å²) in [6, 6.07) is 5.97. The number of benzene rings is 1. The van der Waals surface area contributed by atoms with Gasteiger partial charge in [-0.3, -0.25) is 18.9 Å². The van der Waals surface area contributed by atoms with Gasteiger partial charge in [-0.25, -0.2) is 4.98 Å². The molecule has 28 heavy (non-hydrogen) atoms. The molecule has 3 heterocycles. The van der Waals surface area contributed by atoms with Crippen LogP contribution in [0.3, 0.4) is 0 Å². The van der Waals surface area contributed by atoms with Gasteiger partial charge in [-0.15, -0.1) is 0 Å². The fourth-order valence-electron chi connectivity index (χ4n) is 3.90. The topological polar surface area (TPSA) is 66.7 Å². The van der Waals surface area contributed by atoms with Crippen molar-refractivity contribution in [2.75, 3.05) is 19.6 Å². The average Bonchev–Trinajstić information content (AvgIpc) is 3.01. The number of piperidine rings is 1. The number of aromatic nitrogens is 2. The molecule has 0 bridgehead atoms. The summed E-state index contributed by atoms with van der Waals surface area (Å²) in [5, 5.41) is 2.96. The number of aryl methyl sites for hydroxylation is 2. The molecule has 1 atom stereocenters. The number of carbonyl (C=O) groups is 1. The van der Waals surface area contributed by atoms with Gasteiger partial charge in [0.1, 0.15) is 4.88 Å². The van der Waals surface area contributed by atoms with E-state index in [4.69, 9.17) is 0 Å². The first-order valence-electron chi connectivity index (χ1n) is 9.90. The maximum atomic E-state index is 12.7. The summed E-state index contributed by atoms with van der Waals surface area (Å²) in [7, 11) is 0. The zero-order valence-electron chi connectivity index (χ0n) is 16.6. The van der Waals surface area contributed by atoms with Gasteiger partial charge in [-0.05, 0) is 63.4 Å². The van der Waals surface area contributed by atoms with Crippen LogP contribution >= 0.6 is 11.3 Å². The Morgan fingerprint density at radius 3 is 2.82 bits per heavy atom. The molecule has 2 aromatic heterocycles. The molecule has 7 heteroatoms. The van der Waals surface area contributed by atoms with E-state index in [0.717, 1.165) is 35.2 Å². The van der Waals surface area contributed by atoms with E-state index in [9.17, 15) is 9.59 Å². The third-order valence-corrected chi connectivity index (χ3v) is 6.74. The lowest BCUT2D eigenvalue weighted by atomic mass is 10.0. The number of hydrogen-bond acceptors (Lipinski definition) is 5. The Morgan fingerprint density at radius 2 is 2.04 bits per heavy atom. The Bertz CT molecular complexity index is 1100. The molecule has 1 saturated heterocycles. The number of hydrogen-bond donors (Lipinski definition) is 1.